The molecule has 0 fully saturated rings. The summed E-state index contributed by atoms with van der Waals surface area (Å²) in [6, 6.07) is 7.36. The lowest BCUT2D eigenvalue weighted by molar-refractivity contribution is -0.141. The van der Waals surface area contributed by atoms with Crippen molar-refractivity contribution < 1.29 is 55.2 Å². The molecule has 0 aliphatic carbocycles. The van der Waals surface area contributed by atoms with E-state index in [0.29, 0.717) is 17.9 Å². The van der Waals surface area contributed by atoms with Gasteiger partial charge in [-0.3, -0.25) is 4.79 Å². The van der Waals surface area contributed by atoms with E-state index in [2.05, 4.69) is 20.7 Å². The molecule has 3 aromatic rings. The summed E-state index contributed by atoms with van der Waals surface area (Å²) < 4.78 is 94.8. The molecule has 5 rings (SSSR count). The molecule has 0 bridgehead atoms. The van der Waals surface area contributed by atoms with Gasteiger partial charge in [-0.25, -0.2) is 18.0 Å². The SMILES string of the molecule is CC(Oc1c(F)c(F)c(F)c(F)c1F)C(=O)Oc1ccc2c(c1)O/C(=C\c1cc(Br)cc3c1OCOC3)C2=O. The van der Waals surface area contributed by atoms with Gasteiger partial charge in [0.2, 0.25) is 34.9 Å². The number of ether oxygens (including phenoxy) is 5. The summed E-state index contributed by atoms with van der Waals surface area (Å²) in [5, 5.41) is 0. The maximum atomic E-state index is 13.9. The van der Waals surface area contributed by atoms with Crippen molar-refractivity contribution in [3.8, 4) is 23.0 Å². The predicted octanol–water partition coefficient (Wildman–Crippen LogP) is 6.00. The van der Waals surface area contributed by atoms with Gasteiger partial charge in [-0.1, -0.05) is 15.9 Å². The van der Waals surface area contributed by atoms with Crippen molar-refractivity contribution in [3.63, 3.8) is 0 Å². The van der Waals surface area contributed by atoms with Crippen LogP contribution in [0.3, 0.4) is 0 Å². The van der Waals surface area contributed by atoms with Gasteiger partial charge in [-0.2, -0.15) is 8.78 Å². The topological polar surface area (TPSA) is 80.3 Å². The summed E-state index contributed by atoms with van der Waals surface area (Å²) in [6.45, 7) is 1.35. The fourth-order valence-electron chi connectivity index (χ4n) is 3.80. The van der Waals surface area contributed by atoms with Crippen LogP contribution in [0.2, 0.25) is 0 Å². The molecule has 202 valence electrons. The Kier molecular flexibility index (Phi) is 7.03. The number of fused-ring (bicyclic) bond motifs is 2. The van der Waals surface area contributed by atoms with Crippen LogP contribution in [0.1, 0.15) is 28.4 Å². The molecule has 0 spiro atoms. The van der Waals surface area contributed by atoms with Gasteiger partial charge in [-0.05, 0) is 37.3 Å². The van der Waals surface area contributed by atoms with Gasteiger partial charge >= 0.3 is 5.97 Å². The van der Waals surface area contributed by atoms with E-state index in [-0.39, 0.29) is 29.6 Å². The van der Waals surface area contributed by atoms with Crippen molar-refractivity contribution in [2.45, 2.75) is 19.6 Å². The van der Waals surface area contributed by atoms with E-state index in [4.69, 9.17) is 18.9 Å². The fourth-order valence-corrected chi connectivity index (χ4v) is 4.32. The van der Waals surface area contributed by atoms with Crippen LogP contribution < -0.4 is 18.9 Å². The smallest absolute Gasteiger partial charge is 0.352 e. The predicted molar refractivity (Wildman–Crippen MR) is 126 cm³/mol. The molecular formula is C26H14BrF5O7. The quantitative estimate of drug-likeness (QED) is 0.0873. The number of Topliss-reactive ketones (excluding diaryl/α,β-unsaturated/α-hetero) is 1. The van der Waals surface area contributed by atoms with E-state index in [9.17, 15) is 31.5 Å². The summed E-state index contributed by atoms with van der Waals surface area (Å²) >= 11 is 3.40. The number of ketones is 1. The first kappa shape index (κ1) is 26.6. The van der Waals surface area contributed by atoms with E-state index >= 15 is 0 Å². The van der Waals surface area contributed by atoms with Crippen molar-refractivity contribution in [2.24, 2.45) is 0 Å². The minimum Gasteiger partial charge on any atom is -0.473 e. The normalized spacial score (nSPS) is 15.8. The third-order valence-electron chi connectivity index (χ3n) is 5.65. The van der Waals surface area contributed by atoms with Crippen LogP contribution in [-0.2, 0) is 16.1 Å². The van der Waals surface area contributed by atoms with Gasteiger partial charge in [0.05, 0.1) is 12.2 Å². The second-order valence-corrected chi connectivity index (χ2v) is 9.19. The Morgan fingerprint density at radius 1 is 1.03 bits per heavy atom. The Hall–Kier alpha value is -3.97. The van der Waals surface area contributed by atoms with Crippen LogP contribution in [0.5, 0.6) is 23.0 Å². The molecule has 7 nitrogen and oxygen atoms in total. The molecule has 0 amide bonds. The lowest BCUT2D eigenvalue weighted by atomic mass is 10.1. The lowest BCUT2D eigenvalue weighted by Gasteiger charge is -2.20. The number of carbonyl (C=O) groups excluding carboxylic acids is 2. The van der Waals surface area contributed by atoms with Gasteiger partial charge < -0.3 is 23.7 Å². The van der Waals surface area contributed by atoms with Crippen molar-refractivity contribution >= 4 is 33.8 Å². The molecular weight excluding hydrogens is 599 g/mol. The highest BCUT2D eigenvalue weighted by atomic mass is 79.9. The highest BCUT2D eigenvalue weighted by Gasteiger charge is 2.32. The second kappa shape index (κ2) is 10.3. The van der Waals surface area contributed by atoms with Gasteiger partial charge in [0.1, 0.15) is 17.2 Å². The number of hydrogen-bond donors (Lipinski definition) is 0. The average molecular weight is 613 g/mol. The number of halogens is 6. The minimum atomic E-state index is -2.37. The average Bonchev–Trinajstić information content (AvgIpc) is 3.22. The Labute approximate surface area is 224 Å². The standard InChI is InChI=1S/C26H14BrF5O7/c1-10(37-25-21(31)19(29)18(28)20(30)22(25)32)26(34)38-14-2-3-15-16(7-14)39-17(23(15)33)6-11-4-13(27)5-12-8-35-9-36-24(11)12/h2-7,10H,8-9H2,1H3/b17-6-. The first-order valence-electron chi connectivity index (χ1n) is 11.1. The third kappa shape index (κ3) is 4.94. The molecule has 0 saturated carbocycles. The van der Waals surface area contributed by atoms with Crippen molar-refractivity contribution in [2.75, 3.05) is 6.79 Å². The monoisotopic (exact) mass is 612 g/mol. The van der Waals surface area contributed by atoms with Crippen LogP contribution in [0.25, 0.3) is 6.08 Å². The summed E-state index contributed by atoms with van der Waals surface area (Å²) in [7, 11) is 0. The summed E-state index contributed by atoms with van der Waals surface area (Å²) in [5.41, 5.74) is 1.49. The largest absolute Gasteiger partial charge is 0.473 e. The molecule has 0 aromatic heterocycles. The van der Waals surface area contributed by atoms with E-state index < -0.39 is 52.7 Å². The van der Waals surface area contributed by atoms with E-state index in [1.165, 1.54) is 24.3 Å². The molecule has 39 heavy (non-hydrogen) atoms. The molecule has 2 aliphatic heterocycles. The summed E-state index contributed by atoms with van der Waals surface area (Å²) in [6.07, 6.45) is -0.292. The van der Waals surface area contributed by atoms with E-state index in [1.54, 1.807) is 6.07 Å². The number of benzene rings is 3. The Bertz CT molecular complexity index is 1540. The molecule has 0 radical (unpaired) electrons. The van der Waals surface area contributed by atoms with Crippen LogP contribution in [0.4, 0.5) is 22.0 Å². The lowest BCUT2D eigenvalue weighted by Crippen LogP contribution is -2.29. The summed E-state index contributed by atoms with van der Waals surface area (Å²) in [4.78, 5) is 25.3. The van der Waals surface area contributed by atoms with E-state index in [1.807, 2.05) is 6.07 Å². The Morgan fingerprint density at radius 2 is 1.72 bits per heavy atom. The molecule has 13 heteroatoms. The first-order chi connectivity index (χ1) is 18.5. The van der Waals surface area contributed by atoms with Crippen molar-refractivity contribution in [1.82, 2.24) is 0 Å². The van der Waals surface area contributed by atoms with Crippen LogP contribution in [-0.4, -0.2) is 24.6 Å². The second-order valence-electron chi connectivity index (χ2n) is 8.27. The van der Waals surface area contributed by atoms with Crippen LogP contribution in [0, 0.1) is 29.1 Å². The minimum absolute atomic E-state index is 0.0353. The highest BCUT2D eigenvalue weighted by molar-refractivity contribution is 9.10. The summed E-state index contributed by atoms with van der Waals surface area (Å²) in [5.74, 6) is -14.2. The molecule has 3 aromatic carbocycles. The van der Waals surface area contributed by atoms with E-state index in [0.717, 1.165) is 17.0 Å². The molecule has 1 unspecified atom stereocenters. The number of hydrogen-bond acceptors (Lipinski definition) is 7. The zero-order valence-electron chi connectivity index (χ0n) is 19.6. The number of esters is 1. The number of allylic oxidation sites excluding steroid dienone is 1. The zero-order chi connectivity index (χ0) is 28.0. The molecule has 0 saturated heterocycles. The van der Waals surface area contributed by atoms with Gasteiger partial charge in [0.25, 0.3) is 0 Å². The van der Waals surface area contributed by atoms with Gasteiger partial charge in [-0.15, -0.1) is 0 Å². The molecule has 0 N–H and O–H groups in total. The van der Waals surface area contributed by atoms with Gasteiger partial charge in [0.15, 0.2) is 24.4 Å². The van der Waals surface area contributed by atoms with Crippen LogP contribution in [0.15, 0.2) is 40.6 Å². The highest BCUT2D eigenvalue weighted by Crippen LogP contribution is 2.38. The number of carbonyl (C=O) groups is 2. The third-order valence-corrected chi connectivity index (χ3v) is 6.10. The van der Waals surface area contributed by atoms with Crippen molar-refractivity contribution in [3.05, 3.63) is 86.3 Å². The van der Waals surface area contributed by atoms with Gasteiger partial charge in [0, 0.05) is 21.7 Å². The molecule has 2 heterocycles. The zero-order valence-corrected chi connectivity index (χ0v) is 21.2. The first-order valence-corrected chi connectivity index (χ1v) is 11.9. The molecule has 1 atom stereocenters. The molecule has 2 aliphatic rings. The number of rotatable bonds is 5. The Balaban J connectivity index is 1.33. The maximum absolute atomic E-state index is 13.9. The Morgan fingerprint density at radius 3 is 2.44 bits per heavy atom. The van der Waals surface area contributed by atoms with Crippen LogP contribution >= 0.6 is 15.9 Å². The maximum Gasteiger partial charge on any atom is 0.352 e. The van der Waals surface area contributed by atoms with Crippen molar-refractivity contribution in [1.29, 1.82) is 0 Å². The fraction of sp³-hybridized carbons (Fsp3) is 0.154.